The molecule has 4 nitrogen and oxygen atoms in total. The molecule has 2 heterocycles. The van der Waals surface area contributed by atoms with Crippen molar-refractivity contribution in [2.24, 2.45) is 0 Å². The van der Waals surface area contributed by atoms with Crippen molar-refractivity contribution in [3.8, 4) is 5.75 Å². The molecule has 0 N–H and O–H groups in total. The molecule has 3 atom stereocenters. The molecule has 2 aliphatic rings. The summed E-state index contributed by atoms with van der Waals surface area (Å²) in [7, 11) is 1.39. The fourth-order valence-electron chi connectivity index (χ4n) is 4.67. The number of aryl methyl sites for hydroxylation is 1. The van der Waals surface area contributed by atoms with Gasteiger partial charge in [0.15, 0.2) is 11.6 Å². The first-order chi connectivity index (χ1) is 14.9. The highest BCUT2D eigenvalue weighted by molar-refractivity contribution is 5.84. The molecule has 1 unspecified atom stereocenters. The molecular formula is C24H27F3N2O2. The third-order valence-corrected chi connectivity index (χ3v) is 6.50. The van der Waals surface area contributed by atoms with Crippen LogP contribution in [0, 0.1) is 18.6 Å². The number of carbonyl (C=O) groups excluding carboxylic acids is 1. The molecule has 0 aliphatic carbocycles. The molecule has 2 saturated heterocycles. The Hall–Kier alpha value is -2.54. The molecule has 2 fully saturated rings. The van der Waals surface area contributed by atoms with Gasteiger partial charge < -0.3 is 9.64 Å². The molecule has 0 radical (unpaired) electrons. The zero-order valence-electron chi connectivity index (χ0n) is 17.8. The summed E-state index contributed by atoms with van der Waals surface area (Å²) in [6.45, 7) is 3.34. The Morgan fingerprint density at radius 1 is 1.06 bits per heavy atom. The second kappa shape index (κ2) is 8.91. The Labute approximate surface area is 180 Å². The summed E-state index contributed by atoms with van der Waals surface area (Å²) in [5, 5.41) is 0. The Kier molecular flexibility index (Phi) is 6.23. The SMILES string of the molecule is COc1ccc([C@H]2CCN(C3CCN(Cc4ccc(C)c(F)c4)C3=O)C[C@@H]2F)cc1F. The lowest BCUT2D eigenvalue weighted by atomic mass is 9.87. The molecule has 4 rings (SSSR count). The molecule has 1 amide bonds. The van der Waals surface area contributed by atoms with Gasteiger partial charge in [0, 0.05) is 25.6 Å². The van der Waals surface area contributed by atoms with Crippen molar-refractivity contribution in [1.29, 1.82) is 0 Å². The quantitative estimate of drug-likeness (QED) is 0.710. The smallest absolute Gasteiger partial charge is 0.240 e. The summed E-state index contributed by atoms with van der Waals surface area (Å²) in [5.74, 6) is -1.08. The van der Waals surface area contributed by atoms with Gasteiger partial charge in [-0.15, -0.1) is 0 Å². The zero-order chi connectivity index (χ0) is 22.1. The minimum atomic E-state index is -1.19. The van der Waals surface area contributed by atoms with E-state index in [1.807, 2.05) is 11.0 Å². The number of benzene rings is 2. The predicted molar refractivity (Wildman–Crippen MR) is 112 cm³/mol. The number of amides is 1. The number of alkyl halides is 1. The second-order valence-corrected chi connectivity index (χ2v) is 8.45. The number of ether oxygens (including phenoxy) is 1. The van der Waals surface area contributed by atoms with Crippen LogP contribution < -0.4 is 4.74 Å². The fraction of sp³-hybridized carbons (Fsp3) is 0.458. The Morgan fingerprint density at radius 2 is 1.87 bits per heavy atom. The van der Waals surface area contributed by atoms with E-state index in [1.54, 1.807) is 24.0 Å². The highest BCUT2D eigenvalue weighted by Crippen LogP contribution is 2.34. The van der Waals surface area contributed by atoms with E-state index in [0.717, 1.165) is 5.56 Å². The van der Waals surface area contributed by atoms with E-state index in [-0.39, 0.29) is 30.1 Å². The van der Waals surface area contributed by atoms with Crippen LogP contribution in [0.4, 0.5) is 13.2 Å². The first-order valence-corrected chi connectivity index (χ1v) is 10.6. The molecule has 2 aromatic rings. The van der Waals surface area contributed by atoms with Crippen LogP contribution in [-0.4, -0.2) is 54.7 Å². The monoisotopic (exact) mass is 432 g/mol. The van der Waals surface area contributed by atoms with E-state index >= 15 is 4.39 Å². The van der Waals surface area contributed by atoms with Gasteiger partial charge in [-0.3, -0.25) is 9.69 Å². The minimum absolute atomic E-state index is 0.0397. The van der Waals surface area contributed by atoms with Crippen molar-refractivity contribution in [3.63, 3.8) is 0 Å². The molecular weight excluding hydrogens is 405 g/mol. The molecule has 0 bridgehead atoms. The summed E-state index contributed by atoms with van der Waals surface area (Å²) in [6.07, 6.45) is -0.0451. The summed E-state index contributed by atoms with van der Waals surface area (Å²) in [6, 6.07) is 9.22. The molecule has 7 heteroatoms. The van der Waals surface area contributed by atoms with E-state index < -0.39 is 17.9 Å². The maximum atomic E-state index is 15.0. The molecule has 166 valence electrons. The Balaban J connectivity index is 1.38. The van der Waals surface area contributed by atoms with Gasteiger partial charge in [-0.1, -0.05) is 18.2 Å². The van der Waals surface area contributed by atoms with E-state index in [2.05, 4.69) is 0 Å². The van der Waals surface area contributed by atoms with Crippen LogP contribution in [0.5, 0.6) is 5.75 Å². The maximum Gasteiger partial charge on any atom is 0.240 e. The number of hydrogen-bond donors (Lipinski definition) is 0. The lowest BCUT2D eigenvalue weighted by molar-refractivity contribution is -0.133. The number of carbonyl (C=O) groups is 1. The van der Waals surface area contributed by atoms with Crippen molar-refractivity contribution in [2.75, 3.05) is 26.7 Å². The number of halogens is 3. The summed E-state index contributed by atoms with van der Waals surface area (Å²) in [4.78, 5) is 16.6. The van der Waals surface area contributed by atoms with Crippen molar-refractivity contribution >= 4 is 5.91 Å². The number of methoxy groups -OCH3 is 1. The van der Waals surface area contributed by atoms with Gasteiger partial charge in [-0.05, 0) is 61.2 Å². The standard InChI is InChI=1S/C24H27F3N2O2/c1-15-3-4-16(11-19(15)25)13-29-10-8-22(24(29)30)28-9-7-18(21(27)14-28)17-5-6-23(31-2)20(26)12-17/h3-6,11-12,18,21-22H,7-10,13-14H2,1-2H3/t18-,21+,22?/m1/s1. The number of hydrogen-bond acceptors (Lipinski definition) is 3. The van der Waals surface area contributed by atoms with Gasteiger partial charge in [-0.2, -0.15) is 0 Å². The first-order valence-electron chi connectivity index (χ1n) is 10.6. The Bertz CT molecular complexity index is 968. The van der Waals surface area contributed by atoms with Crippen LogP contribution in [0.15, 0.2) is 36.4 Å². The van der Waals surface area contributed by atoms with Gasteiger partial charge >= 0.3 is 0 Å². The minimum Gasteiger partial charge on any atom is -0.494 e. The Morgan fingerprint density at radius 3 is 2.55 bits per heavy atom. The highest BCUT2D eigenvalue weighted by atomic mass is 19.1. The van der Waals surface area contributed by atoms with Gasteiger partial charge in [-0.25, -0.2) is 13.2 Å². The molecule has 2 aliphatic heterocycles. The summed E-state index contributed by atoms with van der Waals surface area (Å²) in [5.41, 5.74) is 1.94. The van der Waals surface area contributed by atoms with Crippen LogP contribution in [0.25, 0.3) is 0 Å². The molecule has 0 aromatic heterocycles. The predicted octanol–water partition coefficient (Wildman–Crippen LogP) is 4.21. The van der Waals surface area contributed by atoms with Crippen LogP contribution >= 0.6 is 0 Å². The van der Waals surface area contributed by atoms with Gasteiger partial charge in [0.1, 0.15) is 12.0 Å². The fourth-order valence-corrected chi connectivity index (χ4v) is 4.67. The third kappa shape index (κ3) is 4.42. The normalized spacial score (nSPS) is 24.6. The molecule has 0 spiro atoms. The van der Waals surface area contributed by atoms with Crippen molar-refractivity contribution in [3.05, 3.63) is 64.7 Å². The molecule has 31 heavy (non-hydrogen) atoms. The second-order valence-electron chi connectivity index (χ2n) is 8.45. The van der Waals surface area contributed by atoms with Crippen molar-refractivity contribution in [1.82, 2.24) is 9.80 Å². The first kappa shape index (κ1) is 21.7. The zero-order valence-corrected chi connectivity index (χ0v) is 17.8. The topological polar surface area (TPSA) is 32.8 Å². The van der Waals surface area contributed by atoms with E-state index in [1.165, 1.54) is 25.3 Å². The largest absolute Gasteiger partial charge is 0.494 e. The van der Waals surface area contributed by atoms with E-state index in [0.29, 0.717) is 43.6 Å². The van der Waals surface area contributed by atoms with Crippen molar-refractivity contribution < 1.29 is 22.7 Å². The van der Waals surface area contributed by atoms with E-state index in [9.17, 15) is 13.6 Å². The van der Waals surface area contributed by atoms with Crippen LogP contribution in [0.3, 0.4) is 0 Å². The maximum absolute atomic E-state index is 15.0. The molecule has 2 aromatic carbocycles. The molecule has 0 saturated carbocycles. The summed E-state index contributed by atoms with van der Waals surface area (Å²) >= 11 is 0. The van der Waals surface area contributed by atoms with Gasteiger partial charge in [0.2, 0.25) is 5.91 Å². The highest BCUT2D eigenvalue weighted by Gasteiger charge is 2.40. The van der Waals surface area contributed by atoms with E-state index in [4.69, 9.17) is 4.74 Å². The lowest BCUT2D eigenvalue weighted by Gasteiger charge is -2.37. The summed E-state index contributed by atoms with van der Waals surface area (Å²) < 4.78 is 47.8. The third-order valence-electron chi connectivity index (χ3n) is 6.50. The number of likely N-dealkylation sites (tertiary alicyclic amines) is 2. The van der Waals surface area contributed by atoms with Crippen molar-refractivity contribution in [2.45, 2.75) is 44.4 Å². The van der Waals surface area contributed by atoms with Crippen LogP contribution in [-0.2, 0) is 11.3 Å². The average molecular weight is 432 g/mol. The van der Waals surface area contributed by atoms with Crippen LogP contribution in [0.2, 0.25) is 0 Å². The van der Waals surface area contributed by atoms with Crippen LogP contribution in [0.1, 0.15) is 35.4 Å². The number of piperidine rings is 1. The number of rotatable bonds is 5. The van der Waals surface area contributed by atoms with Gasteiger partial charge in [0.05, 0.1) is 13.2 Å². The lowest BCUT2D eigenvalue weighted by Crippen LogP contribution is -2.49. The van der Waals surface area contributed by atoms with Gasteiger partial charge in [0.25, 0.3) is 0 Å². The average Bonchev–Trinajstić information content (AvgIpc) is 3.10. The number of nitrogens with zero attached hydrogens (tertiary/aromatic N) is 2.